The number of hydrogen-bond acceptors (Lipinski definition) is 5. The van der Waals surface area contributed by atoms with Crippen LogP contribution in [-0.2, 0) is 15.4 Å². The summed E-state index contributed by atoms with van der Waals surface area (Å²) < 4.78 is 50.9. The van der Waals surface area contributed by atoms with Gasteiger partial charge in [-0.1, -0.05) is 64.1 Å². The van der Waals surface area contributed by atoms with E-state index in [-0.39, 0.29) is 11.5 Å². The van der Waals surface area contributed by atoms with Crippen LogP contribution in [0.1, 0.15) is 49.9 Å². The molecule has 0 heterocycles. The van der Waals surface area contributed by atoms with Gasteiger partial charge < -0.3 is 19.3 Å². The lowest BCUT2D eigenvalue weighted by Gasteiger charge is -2.27. The predicted octanol–water partition coefficient (Wildman–Crippen LogP) is 7.59. The molecule has 0 aromatic heterocycles. The average molecular weight is 555 g/mol. The zero-order valence-electron chi connectivity index (χ0n) is 21.9. The highest BCUT2D eigenvalue weighted by Crippen LogP contribution is 2.45. The standard InChI is InChI=1S/C30H29F2O6P/c1-29(2,21-9-15-27(33)25(31)17-21)19-5-11-23(12-6-19)37-39(35,36)38-24-13-7-20(8-14-24)30(3,4)22-10-16-28(34)26(32)18-22/h5-18,33-34H,1-4H3,(H,35,36). The average Bonchev–Trinajstić information content (AvgIpc) is 2.87. The fraction of sp³-hybridized carbons (Fsp3) is 0.200. The van der Waals surface area contributed by atoms with Gasteiger partial charge in [0.15, 0.2) is 23.1 Å². The van der Waals surface area contributed by atoms with Crippen molar-refractivity contribution in [2.24, 2.45) is 0 Å². The number of hydrogen-bond donors (Lipinski definition) is 3. The summed E-state index contributed by atoms with van der Waals surface area (Å²) in [6.07, 6.45) is 0. The van der Waals surface area contributed by atoms with Crippen molar-refractivity contribution in [2.75, 3.05) is 0 Å². The molecule has 0 fully saturated rings. The van der Waals surface area contributed by atoms with Crippen LogP contribution in [0.4, 0.5) is 8.78 Å². The molecule has 0 aliphatic rings. The molecule has 3 N–H and O–H groups in total. The van der Waals surface area contributed by atoms with Crippen molar-refractivity contribution >= 4 is 7.82 Å². The molecular formula is C30H29F2O6P. The van der Waals surface area contributed by atoms with Crippen LogP contribution < -0.4 is 9.05 Å². The van der Waals surface area contributed by atoms with Crippen molar-refractivity contribution in [2.45, 2.75) is 38.5 Å². The number of phenols is 2. The highest BCUT2D eigenvalue weighted by molar-refractivity contribution is 7.48. The minimum absolute atomic E-state index is 0.101. The second-order valence-electron chi connectivity index (χ2n) is 10.3. The monoisotopic (exact) mass is 554 g/mol. The van der Waals surface area contributed by atoms with Gasteiger partial charge in [-0.05, 0) is 70.8 Å². The molecule has 0 amide bonds. The van der Waals surface area contributed by atoms with Gasteiger partial charge in [0.05, 0.1) is 0 Å². The van der Waals surface area contributed by atoms with Crippen molar-refractivity contribution in [1.29, 1.82) is 0 Å². The molecule has 39 heavy (non-hydrogen) atoms. The minimum atomic E-state index is -4.54. The van der Waals surface area contributed by atoms with E-state index in [0.29, 0.717) is 11.1 Å². The quantitative estimate of drug-likeness (QED) is 0.194. The largest absolute Gasteiger partial charge is 0.584 e. The van der Waals surface area contributed by atoms with Crippen LogP contribution in [0.15, 0.2) is 84.9 Å². The van der Waals surface area contributed by atoms with Crippen LogP contribution in [0.3, 0.4) is 0 Å². The third-order valence-corrected chi connectivity index (χ3v) is 7.82. The molecule has 0 saturated heterocycles. The number of phosphoric ester groups is 1. The fourth-order valence-electron chi connectivity index (χ4n) is 4.27. The van der Waals surface area contributed by atoms with Crippen LogP contribution in [0.5, 0.6) is 23.0 Å². The molecule has 4 aromatic rings. The van der Waals surface area contributed by atoms with Gasteiger partial charge in [0.1, 0.15) is 11.5 Å². The van der Waals surface area contributed by atoms with Gasteiger partial charge in [-0.25, -0.2) is 13.3 Å². The Balaban J connectivity index is 1.45. The molecule has 204 valence electrons. The van der Waals surface area contributed by atoms with Gasteiger partial charge in [0.2, 0.25) is 0 Å². The molecule has 0 saturated carbocycles. The Morgan fingerprint density at radius 1 is 0.590 bits per heavy atom. The van der Waals surface area contributed by atoms with Gasteiger partial charge in [0.25, 0.3) is 0 Å². The highest BCUT2D eigenvalue weighted by atomic mass is 31.2. The van der Waals surface area contributed by atoms with E-state index in [1.165, 1.54) is 48.5 Å². The van der Waals surface area contributed by atoms with Crippen molar-refractivity contribution in [1.82, 2.24) is 0 Å². The number of phenolic OH excluding ortho intramolecular Hbond substituents is 2. The van der Waals surface area contributed by atoms with Gasteiger partial charge in [-0.3, -0.25) is 4.89 Å². The number of aromatic hydroxyl groups is 2. The Kier molecular flexibility index (Phi) is 7.48. The first kappa shape index (κ1) is 28.1. The Hall–Kier alpha value is -3.87. The van der Waals surface area contributed by atoms with Crippen molar-refractivity contribution in [3.63, 3.8) is 0 Å². The first-order valence-electron chi connectivity index (χ1n) is 12.1. The van der Waals surface area contributed by atoms with Crippen LogP contribution >= 0.6 is 7.82 Å². The lowest BCUT2D eigenvalue weighted by atomic mass is 9.78. The predicted molar refractivity (Wildman–Crippen MR) is 144 cm³/mol. The van der Waals surface area contributed by atoms with Gasteiger partial charge in [0, 0.05) is 10.8 Å². The summed E-state index contributed by atoms with van der Waals surface area (Å²) in [4.78, 5) is 10.3. The van der Waals surface area contributed by atoms with Crippen LogP contribution in [0.25, 0.3) is 0 Å². The molecule has 9 heteroatoms. The van der Waals surface area contributed by atoms with Crippen LogP contribution in [0.2, 0.25) is 0 Å². The minimum Gasteiger partial charge on any atom is -0.505 e. The molecule has 0 aliphatic carbocycles. The summed E-state index contributed by atoms with van der Waals surface area (Å²) in [5.41, 5.74) is 1.64. The SMILES string of the molecule is CC(C)(c1ccc(OP(=O)(O)Oc2ccc(C(C)(C)c3ccc(O)c(F)c3)cc2)cc1)c1ccc(O)c(F)c1. The summed E-state index contributed by atoms with van der Waals surface area (Å²) in [6, 6.07) is 21.3. The molecular weight excluding hydrogens is 525 g/mol. The lowest BCUT2D eigenvalue weighted by molar-refractivity contribution is 0.291. The molecule has 4 aromatic carbocycles. The molecule has 0 radical (unpaired) electrons. The summed E-state index contributed by atoms with van der Waals surface area (Å²) in [6.45, 7) is 7.55. The van der Waals surface area contributed by atoms with Gasteiger partial charge in [-0.2, -0.15) is 0 Å². The molecule has 6 nitrogen and oxygen atoms in total. The Labute approximate surface area is 225 Å². The first-order chi connectivity index (χ1) is 18.2. The van der Waals surface area contributed by atoms with Gasteiger partial charge >= 0.3 is 7.82 Å². The molecule has 0 spiro atoms. The zero-order chi connectivity index (χ0) is 28.6. The molecule has 0 atom stereocenters. The molecule has 0 aliphatic heterocycles. The highest BCUT2D eigenvalue weighted by Gasteiger charge is 2.29. The topological polar surface area (TPSA) is 96.2 Å². The van der Waals surface area contributed by atoms with Crippen molar-refractivity contribution in [3.05, 3.63) is 119 Å². The summed E-state index contributed by atoms with van der Waals surface area (Å²) in [5.74, 6) is -2.09. The van der Waals surface area contributed by atoms with Crippen LogP contribution in [-0.4, -0.2) is 15.1 Å². The third-order valence-electron chi connectivity index (χ3n) is 6.93. The second kappa shape index (κ2) is 10.4. The van der Waals surface area contributed by atoms with Crippen molar-refractivity contribution in [3.8, 4) is 23.0 Å². The van der Waals surface area contributed by atoms with E-state index in [1.54, 1.807) is 36.4 Å². The summed E-state index contributed by atoms with van der Waals surface area (Å²) in [7, 11) is -4.54. The van der Waals surface area contributed by atoms with E-state index in [2.05, 4.69) is 0 Å². The summed E-state index contributed by atoms with van der Waals surface area (Å²) >= 11 is 0. The van der Waals surface area contributed by atoms with Crippen LogP contribution in [0, 0.1) is 11.6 Å². The molecule has 0 unspecified atom stereocenters. The second-order valence-corrected chi connectivity index (χ2v) is 11.6. The maximum atomic E-state index is 13.9. The zero-order valence-corrected chi connectivity index (χ0v) is 22.7. The number of phosphoric acid groups is 1. The maximum Gasteiger partial charge on any atom is 0.584 e. The van der Waals surface area contributed by atoms with E-state index in [0.717, 1.165) is 11.1 Å². The number of rotatable bonds is 8. The van der Waals surface area contributed by atoms with E-state index < -0.39 is 41.8 Å². The summed E-state index contributed by atoms with van der Waals surface area (Å²) in [5, 5.41) is 18.9. The fourth-order valence-corrected chi connectivity index (χ4v) is 5.09. The number of benzene rings is 4. The van der Waals surface area contributed by atoms with E-state index in [9.17, 15) is 28.5 Å². The molecule has 0 bridgehead atoms. The van der Waals surface area contributed by atoms with Crippen molar-refractivity contribution < 1.29 is 37.5 Å². The Morgan fingerprint density at radius 3 is 1.21 bits per heavy atom. The van der Waals surface area contributed by atoms with E-state index in [4.69, 9.17) is 9.05 Å². The Bertz CT molecular complexity index is 1420. The maximum absolute atomic E-state index is 13.9. The normalized spacial score (nSPS) is 12.3. The van der Waals surface area contributed by atoms with E-state index >= 15 is 0 Å². The van der Waals surface area contributed by atoms with E-state index in [1.807, 2.05) is 27.7 Å². The smallest absolute Gasteiger partial charge is 0.505 e. The lowest BCUT2D eigenvalue weighted by Crippen LogP contribution is -2.19. The number of halogens is 2. The first-order valence-corrected chi connectivity index (χ1v) is 13.6. The van der Waals surface area contributed by atoms with Gasteiger partial charge in [-0.15, -0.1) is 0 Å². The Morgan fingerprint density at radius 2 is 0.897 bits per heavy atom. The molecule has 4 rings (SSSR count). The third kappa shape index (κ3) is 6.08.